The van der Waals surface area contributed by atoms with Crippen LogP contribution in [0.1, 0.15) is 16.8 Å². The standard InChI is InChI=1S/C13H18N2O3/c1-18-12-5-3-2-4-11(12)13(17)15-9-6-10(8-16)14-7-9/h2-5,9-10,14,16H,6-8H2,1H3,(H,15,17)/t9-,10-/m0/s1. The Balaban J connectivity index is 2.00. The molecule has 5 nitrogen and oxygen atoms in total. The van der Waals surface area contributed by atoms with Gasteiger partial charge in [0.15, 0.2) is 0 Å². The number of nitrogens with one attached hydrogen (secondary N) is 2. The third-order valence-electron chi connectivity index (χ3n) is 3.13. The lowest BCUT2D eigenvalue weighted by Crippen LogP contribution is -2.36. The van der Waals surface area contributed by atoms with Crippen molar-refractivity contribution >= 4 is 5.91 Å². The molecule has 1 fully saturated rings. The van der Waals surface area contributed by atoms with Crippen LogP contribution in [-0.4, -0.2) is 43.4 Å². The average Bonchev–Trinajstić information content (AvgIpc) is 2.86. The molecule has 0 unspecified atom stereocenters. The monoisotopic (exact) mass is 250 g/mol. The summed E-state index contributed by atoms with van der Waals surface area (Å²) >= 11 is 0. The molecule has 0 bridgehead atoms. The fourth-order valence-electron chi connectivity index (χ4n) is 2.16. The lowest BCUT2D eigenvalue weighted by molar-refractivity contribution is 0.0936. The zero-order valence-electron chi connectivity index (χ0n) is 10.3. The van der Waals surface area contributed by atoms with Gasteiger partial charge in [-0.3, -0.25) is 4.79 Å². The molecule has 2 atom stereocenters. The van der Waals surface area contributed by atoms with E-state index in [-0.39, 0.29) is 24.6 Å². The predicted molar refractivity (Wildman–Crippen MR) is 67.7 cm³/mol. The van der Waals surface area contributed by atoms with E-state index in [4.69, 9.17) is 9.84 Å². The van der Waals surface area contributed by atoms with Gasteiger partial charge in [0.25, 0.3) is 5.91 Å². The molecule has 18 heavy (non-hydrogen) atoms. The third kappa shape index (κ3) is 2.80. The average molecular weight is 250 g/mol. The first-order valence-corrected chi connectivity index (χ1v) is 6.02. The van der Waals surface area contributed by atoms with Gasteiger partial charge in [0, 0.05) is 18.6 Å². The summed E-state index contributed by atoms with van der Waals surface area (Å²) in [4.78, 5) is 12.1. The number of carbonyl (C=O) groups excluding carboxylic acids is 1. The number of benzene rings is 1. The Labute approximate surface area is 106 Å². The van der Waals surface area contributed by atoms with Crippen molar-refractivity contribution < 1.29 is 14.6 Å². The van der Waals surface area contributed by atoms with E-state index in [0.717, 1.165) is 6.42 Å². The third-order valence-corrected chi connectivity index (χ3v) is 3.13. The number of aliphatic hydroxyl groups is 1. The molecule has 0 radical (unpaired) electrons. The fraction of sp³-hybridized carbons (Fsp3) is 0.462. The Morgan fingerprint density at radius 3 is 3.00 bits per heavy atom. The van der Waals surface area contributed by atoms with Gasteiger partial charge in [0.2, 0.25) is 0 Å². The fourth-order valence-corrected chi connectivity index (χ4v) is 2.16. The Morgan fingerprint density at radius 2 is 2.33 bits per heavy atom. The summed E-state index contributed by atoms with van der Waals surface area (Å²) in [5.74, 6) is 0.428. The molecule has 0 aromatic heterocycles. The lowest BCUT2D eigenvalue weighted by atomic mass is 10.1. The SMILES string of the molecule is COc1ccccc1C(=O)N[C@@H]1CN[C@H](CO)C1. The first-order chi connectivity index (χ1) is 8.74. The second kappa shape index (κ2) is 5.84. The van der Waals surface area contributed by atoms with Crippen molar-refractivity contribution in [3.05, 3.63) is 29.8 Å². The van der Waals surface area contributed by atoms with Gasteiger partial charge in [-0.25, -0.2) is 0 Å². The van der Waals surface area contributed by atoms with E-state index < -0.39 is 0 Å². The number of carbonyl (C=O) groups is 1. The molecule has 1 aromatic rings. The molecule has 1 aromatic carbocycles. The van der Waals surface area contributed by atoms with Gasteiger partial charge in [-0.2, -0.15) is 0 Å². The molecule has 2 rings (SSSR count). The van der Waals surface area contributed by atoms with Crippen molar-refractivity contribution in [2.75, 3.05) is 20.3 Å². The van der Waals surface area contributed by atoms with Gasteiger partial charge >= 0.3 is 0 Å². The summed E-state index contributed by atoms with van der Waals surface area (Å²) in [5.41, 5.74) is 0.535. The topological polar surface area (TPSA) is 70.6 Å². The van der Waals surface area contributed by atoms with Crippen LogP contribution in [0.5, 0.6) is 5.75 Å². The van der Waals surface area contributed by atoms with Crippen molar-refractivity contribution in [2.24, 2.45) is 0 Å². The van der Waals surface area contributed by atoms with Gasteiger partial charge in [-0.15, -0.1) is 0 Å². The van der Waals surface area contributed by atoms with Gasteiger partial charge in [-0.05, 0) is 18.6 Å². The second-order valence-corrected chi connectivity index (χ2v) is 4.39. The first kappa shape index (κ1) is 12.9. The van der Waals surface area contributed by atoms with Crippen LogP contribution < -0.4 is 15.4 Å². The van der Waals surface area contributed by atoms with Crippen molar-refractivity contribution in [1.29, 1.82) is 0 Å². The van der Waals surface area contributed by atoms with Crippen molar-refractivity contribution in [3.63, 3.8) is 0 Å². The van der Waals surface area contributed by atoms with Crippen LogP contribution in [0, 0.1) is 0 Å². The molecular weight excluding hydrogens is 232 g/mol. The quantitative estimate of drug-likeness (QED) is 0.711. The highest BCUT2D eigenvalue weighted by atomic mass is 16.5. The zero-order chi connectivity index (χ0) is 13.0. The lowest BCUT2D eigenvalue weighted by Gasteiger charge is -2.13. The van der Waals surface area contributed by atoms with Crippen LogP contribution in [0.4, 0.5) is 0 Å². The molecule has 3 N–H and O–H groups in total. The van der Waals surface area contributed by atoms with E-state index >= 15 is 0 Å². The van der Waals surface area contributed by atoms with E-state index in [9.17, 15) is 4.79 Å². The Morgan fingerprint density at radius 1 is 1.56 bits per heavy atom. The number of hydrogen-bond donors (Lipinski definition) is 3. The van der Waals surface area contributed by atoms with E-state index in [0.29, 0.717) is 17.9 Å². The highest BCUT2D eigenvalue weighted by molar-refractivity contribution is 5.97. The molecular formula is C13H18N2O3. The summed E-state index contributed by atoms with van der Waals surface area (Å²) < 4.78 is 5.16. The number of aliphatic hydroxyl groups excluding tert-OH is 1. The second-order valence-electron chi connectivity index (χ2n) is 4.39. The van der Waals surface area contributed by atoms with E-state index in [1.165, 1.54) is 0 Å². The van der Waals surface area contributed by atoms with Crippen molar-refractivity contribution in [1.82, 2.24) is 10.6 Å². The molecule has 0 spiro atoms. The highest BCUT2D eigenvalue weighted by Gasteiger charge is 2.25. The molecule has 1 aliphatic heterocycles. The number of amides is 1. The Hall–Kier alpha value is -1.59. The molecule has 1 saturated heterocycles. The largest absolute Gasteiger partial charge is 0.496 e. The van der Waals surface area contributed by atoms with Crippen molar-refractivity contribution in [3.8, 4) is 5.75 Å². The van der Waals surface area contributed by atoms with Crippen molar-refractivity contribution in [2.45, 2.75) is 18.5 Å². The van der Waals surface area contributed by atoms with Crippen LogP contribution in [-0.2, 0) is 0 Å². The van der Waals surface area contributed by atoms with E-state index in [1.54, 1.807) is 25.3 Å². The Kier molecular flexibility index (Phi) is 4.17. The number of hydrogen-bond acceptors (Lipinski definition) is 4. The molecule has 98 valence electrons. The van der Waals surface area contributed by atoms with Gasteiger partial charge in [-0.1, -0.05) is 12.1 Å². The highest BCUT2D eigenvalue weighted by Crippen LogP contribution is 2.17. The maximum atomic E-state index is 12.1. The van der Waals surface area contributed by atoms with Crippen LogP contribution in [0.2, 0.25) is 0 Å². The van der Waals surface area contributed by atoms with Crippen LogP contribution >= 0.6 is 0 Å². The first-order valence-electron chi connectivity index (χ1n) is 6.02. The minimum atomic E-state index is -0.141. The number of rotatable bonds is 4. The van der Waals surface area contributed by atoms with Gasteiger partial charge < -0.3 is 20.5 Å². The normalized spacial score (nSPS) is 22.8. The number of methoxy groups -OCH3 is 1. The summed E-state index contributed by atoms with van der Waals surface area (Å²) in [5, 5.41) is 15.1. The van der Waals surface area contributed by atoms with Gasteiger partial charge in [0.05, 0.1) is 19.3 Å². The molecule has 1 amide bonds. The zero-order valence-corrected chi connectivity index (χ0v) is 10.3. The van der Waals surface area contributed by atoms with E-state index in [2.05, 4.69) is 10.6 Å². The molecule has 5 heteroatoms. The summed E-state index contributed by atoms with van der Waals surface area (Å²) in [6, 6.07) is 7.26. The number of para-hydroxylation sites is 1. The van der Waals surface area contributed by atoms with E-state index in [1.807, 2.05) is 6.07 Å². The maximum absolute atomic E-state index is 12.1. The molecule has 1 heterocycles. The summed E-state index contributed by atoms with van der Waals surface area (Å²) in [6.07, 6.45) is 0.747. The maximum Gasteiger partial charge on any atom is 0.255 e. The van der Waals surface area contributed by atoms with Crippen LogP contribution in [0.25, 0.3) is 0 Å². The Bertz CT molecular complexity index is 422. The molecule has 0 aliphatic carbocycles. The van der Waals surface area contributed by atoms with Crippen LogP contribution in [0.3, 0.4) is 0 Å². The molecule has 1 aliphatic rings. The summed E-state index contributed by atoms with van der Waals surface area (Å²) in [7, 11) is 1.55. The predicted octanol–water partition coefficient (Wildman–Crippen LogP) is 0.148. The van der Waals surface area contributed by atoms with Crippen LogP contribution in [0.15, 0.2) is 24.3 Å². The molecule has 0 saturated carbocycles. The number of ether oxygens (including phenoxy) is 1. The minimum absolute atomic E-state index is 0.0552. The smallest absolute Gasteiger partial charge is 0.255 e. The van der Waals surface area contributed by atoms with Gasteiger partial charge in [0.1, 0.15) is 5.75 Å². The minimum Gasteiger partial charge on any atom is -0.496 e. The summed E-state index contributed by atoms with van der Waals surface area (Å²) in [6.45, 7) is 0.785.